The zero-order valence-electron chi connectivity index (χ0n) is 10.3. The van der Waals surface area contributed by atoms with Gasteiger partial charge in [-0.1, -0.05) is 40.9 Å². The Balaban J connectivity index is 2.09. The largest absolute Gasteiger partial charge is 0.306 e. The van der Waals surface area contributed by atoms with Crippen LogP contribution < -0.4 is 5.32 Å². The highest BCUT2D eigenvalue weighted by Gasteiger charge is 2.11. The van der Waals surface area contributed by atoms with Gasteiger partial charge >= 0.3 is 0 Å². The number of nitrogens with zero attached hydrogens (tertiary/aromatic N) is 1. The maximum Gasteiger partial charge on any atom is 0.0652 e. The number of hydrogen-bond acceptors (Lipinski definition) is 2. The number of pyridine rings is 1. The summed E-state index contributed by atoms with van der Waals surface area (Å²) in [5.74, 6) is 0. The Morgan fingerprint density at radius 3 is 2.58 bits per heavy atom. The van der Waals surface area contributed by atoms with Gasteiger partial charge in [0.2, 0.25) is 0 Å². The van der Waals surface area contributed by atoms with Gasteiger partial charge in [-0.3, -0.25) is 4.98 Å². The first-order valence-electron chi connectivity index (χ1n) is 5.85. The van der Waals surface area contributed by atoms with Crippen LogP contribution in [0.5, 0.6) is 0 Å². The minimum absolute atomic E-state index is 0.153. The Kier molecular flexibility index (Phi) is 5.06. The van der Waals surface area contributed by atoms with Crippen LogP contribution in [0.4, 0.5) is 0 Å². The second kappa shape index (κ2) is 6.58. The Bertz CT molecular complexity index is 558. The fraction of sp³-hybridized carbons (Fsp3) is 0.214. The van der Waals surface area contributed by atoms with E-state index in [-0.39, 0.29) is 6.04 Å². The summed E-state index contributed by atoms with van der Waals surface area (Å²) in [4.78, 5) is 4.10. The molecule has 0 saturated heterocycles. The normalized spacial score (nSPS) is 12.4. The van der Waals surface area contributed by atoms with Crippen molar-refractivity contribution in [2.75, 3.05) is 0 Å². The summed E-state index contributed by atoms with van der Waals surface area (Å²) in [6.07, 6.45) is 3.58. The van der Waals surface area contributed by atoms with Crippen LogP contribution in [0.3, 0.4) is 0 Å². The topological polar surface area (TPSA) is 24.9 Å². The Labute approximate surface area is 127 Å². The highest BCUT2D eigenvalue weighted by Crippen LogP contribution is 2.31. The van der Waals surface area contributed by atoms with Crippen molar-refractivity contribution in [2.24, 2.45) is 0 Å². The molecule has 100 valence electrons. The molecule has 0 saturated carbocycles. The van der Waals surface area contributed by atoms with Gasteiger partial charge in [0, 0.05) is 35.6 Å². The van der Waals surface area contributed by atoms with Crippen molar-refractivity contribution >= 4 is 34.8 Å². The van der Waals surface area contributed by atoms with Gasteiger partial charge in [0.15, 0.2) is 0 Å². The molecule has 1 atom stereocenters. The second-order valence-corrected chi connectivity index (χ2v) is 5.40. The van der Waals surface area contributed by atoms with Gasteiger partial charge in [0.05, 0.1) is 10.0 Å². The van der Waals surface area contributed by atoms with E-state index in [1.54, 1.807) is 18.3 Å². The van der Waals surface area contributed by atoms with E-state index < -0.39 is 0 Å². The molecule has 0 radical (unpaired) electrons. The maximum atomic E-state index is 6.16. The van der Waals surface area contributed by atoms with Crippen LogP contribution in [0.15, 0.2) is 36.7 Å². The molecule has 0 aliphatic carbocycles. The van der Waals surface area contributed by atoms with Gasteiger partial charge in [0.1, 0.15) is 0 Å². The maximum absolute atomic E-state index is 6.16. The molecule has 2 aromatic rings. The van der Waals surface area contributed by atoms with E-state index in [9.17, 15) is 0 Å². The number of halogens is 3. The minimum Gasteiger partial charge on any atom is -0.306 e. The number of aromatic nitrogens is 1. The van der Waals surface area contributed by atoms with Gasteiger partial charge < -0.3 is 5.32 Å². The van der Waals surface area contributed by atoms with E-state index in [2.05, 4.69) is 17.2 Å². The van der Waals surface area contributed by atoms with Crippen LogP contribution in [0, 0.1) is 0 Å². The quantitative estimate of drug-likeness (QED) is 0.812. The Hall–Kier alpha value is -0.800. The molecule has 1 unspecified atom stereocenters. The monoisotopic (exact) mass is 314 g/mol. The first-order chi connectivity index (χ1) is 9.09. The number of nitrogens with one attached hydrogen (secondary N) is 1. The predicted octanol–water partition coefficient (Wildman–Crippen LogP) is 4.89. The minimum atomic E-state index is 0.153. The van der Waals surface area contributed by atoms with E-state index in [4.69, 9.17) is 34.8 Å². The van der Waals surface area contributed by atoms with Gasteiger partial charge in [-0.25, -0.2) is 0 Å². The SMILES string of the molecule is CC(NCc1c(Cl)ccc(Cl)c1Cl)c1cccnc1. The van der Waals surface area contributed by atoms with Gasteiger partial charge in [-0.15, -0.1) is 0 Å². The molecule has 1 aromatic carbocycles. The molecule has 0 spiro atoms. The molecule has 0 amide bonds. The molecule has 1 aromatic heterocycles. The number of benzene rings is 1. The van der Waals surface area contributed by atoms with Crippen molar-refractivity contribution in [3.63, 3.8) is 0 Å². The lowest BCUT2D eigenvalue weighted by Gasteiger charge is -2.15. The fourth-order valence-electron chi connectivity index (χ4n) is 1.74. The molecule has 2 rings (SSSR count). The summed E-state index contributed by atoms with van der Waals surface area (Å²) < 4.78 is 0. The van der Waals surface area contributed by atoms with Crippen molar-refractivity contribution in [3.05, 3.63) is 62.9 Å². The van der Waals surface area contributed by atoms with Crippen LogP contribution in [-0.2, 0) is 6.54 Å². The average Bonchev–Trinajstić information content (AvgIpc) is 2.44. The molecule has 0 aliphatic heterocycles. The summed E-state index contributed by atoms with van der Waals surface area (Å²) in [6.45, 7) is 2.61. The molecule has 0 fully saturated rings. The number of hydrogen-bond donors (Lipinski definition) is 1. The van der Waals surface area contributed by atoms with E-state index in [0.29, 0.717) is 21.6 Å². The average molecular weight is 316 g/mol. The molecule has 19 heavy (non-hydrogen) atoms. The summed E-state index contributed by atoms with van der Waals surface area (Å²) in [5.41, 5.74) is 1.92. The Morgan fingerprint density at radius 1 is 1.16 bits per heavy atom. The van der Waals surface area contributed by atoms with E-state index in [1.165, 1.54) is 0 Å². The molecule has 1 N–H and O–H groups in total. The molecule has 0 aliphatic rings. The van der Waals surface area contributed by atoms with Gasteiger partial charge in [0.25, 0.3) is 0 Å². The third-order valence-corrected chi connectivity index (χ3v) is 4.11. The smallest absolute Gasteiger partial charge is 0.0652 e. The molecule has 1 heterocycles. The van der Waals surface area contributed by atoms with E-state index in [1.807, 2.05) is 18.3 Å². The summed E-state index contributed by atoms with van der Waals surface area (Å²) in [5, 5.41) is 4.98. The molecule has 5 heteroatoms. The van der Waals surface area contributed by atoms with Crippen LogP contribution in [-0.4, -0.2) is 4.98 Å². The molecular formula is C14H13Cl3N2. The molecule has 0 bridgehead atoms. The van der Waals surface area contributed by atoms with Crippen LogP contribution >= 0.6 is 34.8 Å². The van der Waals surface area contributed by atoms with Crippen LogP contribution in [0.25, 0.3) is 0 Å². The van der Waals surface area contributed by atoms with Crippen LogP contribution in [0.1, 0.15) is 24.1 Å². The highest BCUT2D eigenvalue weighted by molar-refractivity contribution is 6.44. The van der Waals surface area contributed by atoms with Crippen molar-refractivity contribution in [2.45, 2.75) is 19.5 Å². The lowest BCUT2D eigenvalue weighted by Crippen LogP contribution is -2.18. The van der Waals surface area contributed by atoms with E-state index in [0.717, 1.165) is 11.1 Å². The van der Waals surface area contributed by atoms with Crippen molar-refractivity contribution in [1.82, 2.24) is 10.3 Å². The first kappa shape index (κ1) is 14.6. The fourth-order valence-corrected chi connectivity index (χ4v) is 2.42. The summed E-state index contributed by atoms with van der Waals surface area (Å²) >= 11 is 18.3. The van der Waals surface area contributed by atoms with E-state index >= 15 is 0 Å². The predicted molar refractivity (Wildman–Crippen MR) is 81.0 cm³/mol. The zero-order valence-corrected chi connectivity index (χ0v) is 12.6. The summed E-state index contributed by atoms with van der Waals surface area (Å²) in [6, 6.07) is 7.53. The van der Waals surface area contributed by atoms with Crippen LogP contribution in [0.2, 0.25) is 15.1 Å². The van der Waals surface area contributed by atoms with Gasteiger partial charge in [-0.05, 0) is 30.7 Å². The van der Waals surface area contributed by atoms with Crippen molar-refractivity contribution in [1.29, 1.82) is 0 Å². The lowest BCUT2D eigenvalue weighted by atomic mass is 10.1. The Morgan fingerprint density at radius 2 is 1.89 bits per heavy atom. The lowest BCUT2D eigenvalue weighted by molar-refractivity contribution is 0.573. The number of rotatable bonds is 4. The first-order valence-corrected chi connectivity index (χ1v) is 6.98. The highest BCUT2D eigenvalue weighted by atomic mass is 35.5. The second-order valence-electron chi connectivity index (χ2n) is 4.21. The standard InChI is InChI=1S/C14H13Cl3N2/c1-9(10-3-2-6-18-7-10)19-8-11-12(15)4-5-13(16)14(11)17/h2-7,9,19H,8H2,1H3. The van der Waals surface area contributed by atoms with Crippen molar-refractivity contribution < 1.29 is 0 Å². The van der Waals surface area contributed by atoms with Gasteiger partial charge in [-0.2, -0.15) is 0 Å². The zero-order chi connectivity index (χ0) is 13.8. The third-order valence-electron chi connectivity index (χ3n) is 2.91. The third kappa shape index (κ3) is 3.61. The molecular weight excluding hydrogens is 303 g/mol. The summed E-state index contributed by atoms with van der Waals surface area (Å²) in [7, 11) is 0. The van der Waals surface area contributed by atoms with Crippen molar-refractivity contribution in [3.8, 4) is 0 Å². The molecule has 2 nitrogen and oxygen atoms in total.